The Morgan fingerprint density at radius 1 is 0.709 bits per heavy atom. The van der Waals surface area contributed by atoms with Crippen LogP contribution < -0.4 is 15.8 Å². The number of carbonyl (C=O) groups is 3. The van der Waals surface area contributed by atoms with Gasteiger partial charge in [-0.1, -0.05) is 12.1 Å². The predicted octanol–water partition coefficient (Wildman–Crippen LogP) is 3.00. The van der Waals surface area contributed by atoms with Crippen molar-refractivity contribution < 1.29 is 65.8 Å². The SMILES string of the molecule is COCCOCCOCCOCCOCCOCCOCCOc1ccc(F)c(F)c1C(=O)c1ccc(C(=O)N[C@@H]2CN(C(=O)OC(C)(C)C)C[C@H]2N)cc1. The molecule has 1 heterocycles. The van der Waals surface area contributed by atoms with E-state index in [1.807, 2.05) is 0 Å². The number of nitrogens with zero attached hydrogens (tertiary/aromatic N) is 1. The molecule has 3 rings (SSSR count). The van der Waals surface area contributed by atoms with Gasteiger partial charge in [-0.2, -0.15) is 0 Å². The standard InChI is InChI=1S/C38H55F2N3O12/c1-38(2,3)55-37(46)43-25-30(41)31(26-43)42-36(45)28-7-5-27(6-8-28)35(44)33-32(10-9-29(39)34(33)40)54-24-23-53-22-21-52-20-19-51-18-17-50-16-15-49-14-13-48-12-11-47-4/h5-10,30-31H,11-26,41H2,1-4H3,(H,42,45)/t30-,31-/m1/s1. The molecule has 1 saturated heterocycles. The van der Waals surface area contributed by atoms with E-state index in [2.05, 4.69) is 5.32 Å². The normalized spacial score (nSPS) is 15.7. The van der Waals surface area contributed by atoms with E-state index in [0.717, 1.165) is 6.07 Å². The van der Waals surface area contributed by atoms with E-state index in [4.69, 9.17) is 48.4 Å². The van der Waals surface area contributed by atoms with E-state index in [-0.39, 0.29) is 49.8 Å². The molecule has 0 aromatic heterocycles. The number of hydrogen-bond acceptors (Lipinski definition) is 13. The second kappa shape index (κ2) is 24.7. The smallest absolute Gasteiger partial charge is 0.410 e. The monoisotopic (exact) mass is 783 g/mol. The Kier molecular flexibility index (Phi) is 20.4. The van der Waals surface area contributed by atoms with Gasteiger partial charge in [0.2, 0.25) is 0 Å². The molecule has 0 spiro atoms. The summed E-state index contributed by atoms with van der Waals surface area (Å²) in [7, 11) is 1.62. The molecule has 55 heavy (non-hydrogen) atoms. The molecular formula is C38H55F2N3O12. The average Bonchev–Trinajstić information content (AvgIpc) is 3.52. The zero-order valence-corrected chi connectivity index (χ0v) is 32.1. The third-order valence-corrected chi connectivity index (χ3v) is 7.80. The molecular weight excluding hydrogens is 728 g/mol. The number of ether oxygens (including phenoxy) is 9. The van der Waals surface area contributed by atoms with Crippen LogP contribution in [0.15, 0.2) is 36.4 Å². The Balaban J connectivity index is 1.32. The first-order valence-corrected chi connectivity index (χ1v) is 18.2. The number of nitrogens with one attached hydrogen (secondary N) is 1. The fourth-order valence-corrected chi connectivity index (χ4v) is 5.05. The zero-order chi connectivity index (χ0) is 40.1. The van der Waals surface area contributed by atoms with Crippen LogP contribution in [0.5, 0.6) is 5.75 Å². The summed E-state index contributed by atoms with van der Waals surface area (Å²) >= 11 is 0. The fraction of sp³-hybridized carbons (Fsp3) is 0.605. The van der Waals surface area contributed by atoms with Gasteiger partial charge in [0.05, 0.1) is 91.9 Å². The molecule has 2 amide bonds. The van der Waals surface area contributed by atoms with Gasteiger partial charge in [-0.15, -0.1) is 0 Å². The third-order valence-electron chi connectivity index (χ3n) is 7.80. The van der Waals surface area contributed by atoms with Gasteiger partial charge in [-0.05, 0) is 45.0 Å². The first-order valence-electron chi connectivity index (χ1n) is 18.2. The maximum absolute atomic E-state index is 14.9. The van der Waals surface area contributed by atoms with E-state index < -0.39 is 52.7 Å². The molecule has 3 N–H and O–H groups in total. The van der Waals surface area contributed by atoms with Gasteiger partial charge in [-0.25, -0.2) is 13.6 Å². The highest BCUT2D eigenvalue weighted by atomic mass is 19.2. The summed E-state index contributed by atoms with van der Waals surface area (Å²) in [5, 5.41) is 2.80. The van der Waals surface area contributed by atoms with E-state index >= 15 is 0 Å². The van der Waals surface area contributed by atoms with Crippen molar-refractivity contribution in [3.05, 3.63) is 64.7 Å². The number of benzene rings is 2. The second-order valence-electron chi connectivity index (χ2n) is 13.3. The summed E-state index contributed by atoms with van der Waals surface area (Å²) in [6.45, 7) is 10.9. The predicted molar refractivity (Wildman–Crippen MR) is 196 cm³/mol. The van der Waals surface area contributed by atoms with Gasteiger partial charge in [0, 0.05) is 37.4 Å². The molecule has 308 valence electrons. The van der Waals surface area contributed by atoms with Gasteiger partial charge in [-0.3, -0.25) is 9.59 Å². The molecule has 2 aromatic carbocycles. The lowest BCUT2D eigenvalue weighted by Crippen LogP contribution is -2.46. The summed E-state index contributed by atoms with van der Waals surface area (Å²) in [5.74, 6) is -4.06. The van der Waals surface area contributed by atoms with E-state index in [0.29, 0.717) is 72.7 Å². The molecule has 2 aromatic rings. The minimum absolute atomic E-state index is 0.00518. The fourth-order valence-electron chi connectivity index (χ4n) is 5.05. The highest BCUT2D eigenvalue weighted by Gasteiger charge is 2.36. The molecule has 1 aliphatic rings. The van der Waals surface area contributed by atoms with E-state index in [1.54, 1.807) is 27.9 Å². The van der Waals surface area contributed by atoms with Gasteiger partial charge >= 0.3 is 6.09 Å². The summed E-state index contributed by atoms with van der Waals surface area (Å²) < 4.78 is 77.6. The number of halogens is 2. The maximum atomic E-state index is 14.9. The van der Waals surface area contributed by atoms with Crippen molar-refractivity contribution in [3.8, 4) is 5.75 Å². The zero-order valence-electron chi connectivity index (χ0n) is 32.1. The van der Waals surface area contributed by atoms with Crippen LogP contribution in [0.25, 0.3) is 0 Å². The Morgan fingerprint density at radius 3 is 1.67 bits per heavy atom. The Morgan fingerprint density at radius 2 is 1.18 bits per heavy atom. The van der Waals surface area contributed by atoms with Crippen molar-refractivity contribution in [1.82, 2.24) is 10.2 Å². The molecule has 0 radical (unpaired) electrons. The van der Waals surface area contributed by atoms with Crippen molar-refractivity contribution >= 4 is 17.8 Å². The van der Waals surface area contributed by atoms with Crippen molar-refractivity contribution in [2.75, 3.05) is 113 Å². The van der Waals surface area contributed by atoms with Crippen molar-refractivity contribution in [1.29, 1.82) is 0 Å². The molecule has 0 aliphatic carbocycles. The number of likely N-dealkylation sites (tertiary alicyclic amines) is 1. The van der Waals surface area contributed by atoms with Crippen LogP contribution in [0, 0.1) is 11.6 Å². The molecule has 2 atom stereocenters. The number of methoxy groups -OCH3 is 1. The lowest BCUT2D eigenvalue weighted by Gasteiger charge is -2.24. The minimum atomic E-state index is -1.36. The highest BCUT2D eigenvalue weighted by molar-refractivity contribution is 6.11. The van der Waals surface area contributed by atoms with Crippen molar-refractivity contribution in [2.45, 2.75) is 38.5 Å². The topological polar surface area (TPSA) is 176 Å². The summed E-state index contributed by atoms with van der Waals surface area (Å²) in [6.07, 6.45) is -0.528. The van der Waals surface area contributed by atoms with E-state index in [1.165, 1.54) is 35.2 Å². The van der Waals surface area contributed by atoms with Crippen molar-refractivity contribution in [2.24, 2.45) is 5.73 Å². The van der Waals surface area contributed by atoms with Gasteiger partial charge in [0.25, 0.3) is 5.91 Å². The second-order valence-corrected chi connectivity index (χ2v) is 13.3. The molecule has 0 unspecified atom stereocenters. The van der Waals surface area contributed by atoms with Gasteiger partial charge in [0.1, 0.15) is 23.5 Å². The van der Waals surface area contributed by atoms with Gasteiger partial charge < -0.3 is 58.6 Å². The first kappa shape index (κ1) is 45.6. The lowest BCUT2D eigenvalue weighted by molar-refractivity contribution is -0.0199. The van der Waals surface area contributed by atoms with Crippen LogP contribution >= 0.6 is 0 Å². The average molecular weight is 784 g/mol. The molecule has 1 fully saturated rings. The Hall–Kier alpha value is -3.81. The number of hydrogen-bond donors (Lipinski definition) is 2. The number of carbonyl (C=O) groups excluding carboxylic acids is 3. The molecule has 15 nitrogen and oxygen atoms in total. The molecule has 0 bridgehead atoms. The van der Waals surface area contributed by atoms with Crippen LogP contribution in [0.2, 0.25) is 0 Å². The van der Waals surface area contributed by atoms with Crippen LogP contribution in [-0.4, -0.2) is 153 Å². The third kappa shape index (κ3) is 16.8. The number of amides is 2. The van der Waals surface area contributed by atoms with Gasteiger partial charge in [0.15, 0.2) is 17.4 Å². The molecule has 1 aliphatic heterocycles. The Labute approximate surface area is 320 Å². The first-order chi connectivity index (χ1) is 26.4. The van der Waals surface area contributed by atoms with Crippen LogP contribution in [0.3, 0.4) is 0 Å². The highest BCUT2D eigenvalue weighted by Crippen LogP contribution is 2.27. The van der Waals surface area contributed by atoms with Crippen LogP contribution in [0.4, 0.5) is 13.6 Å². The summed E-state index contributed by atoms with van der Waals surface area (Å²) in [6, 6.07) is 6.41. The lowest BCUT2D eigenvalue weighted by atomic mass is 10.00. The quantitative estimate of drug-likeness (QED) is 0.105. The number of nitrogens with two attached hydrogens (primary N) is 1. The number of ketones is 1. The van der Waals surface area contributed by atoms with E-state index in [9.17, 15) is 23.2 Å². The van der Waals surface area contributed by atoms with Crippen molar-refractivity contribution in [3.63, 3.8) is 0 Å². The Bertz CT molecular complexity index is 1460. The van der Waals surface area contributed by atoms with Crippen LogP contribution in [-0.2, 0) is 37.9 Å². The minimum Gasteiger partial charge on any atom is -0.490 e. The summed E-state index contributed by atoms with van der Waals surface area (Å²) in [5.41, 5.74) is 5.11. The van der Waals surface area contributed by atoms with Crippen LogP contribution in [0.1, 0.15) is 47.1 Å². The maximum Gasteiger partial charge on any atom is 0.410 e. The summed E-state index contributed by atoms with van der Waals surface area (Å²) in [4.78, 5) is 40.1. The number of rotatable bonds is 26. The molecule has 0 saturated carbocycles. The molecule has 17 heteroatoms. The largest absolute Gasteiger partial charge is 0.490 e.